The van der Waals surface area contributed by atoms with Crippen LogP contribution in [0.3, 0.4) is 0 Å². The zero-order valence-corrected chi connectivity index (χ0v) is 15.1. The number of nitrogens with zero attached hydrogens (tertiary/aromatic N) is 1. The molecule has 0 amide bonds. The maximum absolute atomic E-state index is 12.4. The second-order valence-electron chi connectivity index (χ2n) is 5.17. The number of fused-ring (bicyclic) bond motifs is 1. The van der Waals surface area contributed by atoms with E-state index in [9.17, 15) is 14.9 Å². The van der Waals surface area contributed by atoms with Gasteiger partial charge in [0.25, 0.3) is 0 Å². The molecule has 1 aromatic heterocycles. The number of carbonyl (C=O) groups is 1. The molecule has 132 valence electrons. The summed E-state index contributed by atoms with van der Waals surface area (Å²) in [6.07, 6.45) is 2.11. The Balaban J connectivity index is 1.90. The van der Waals surface area contributed by atoms with E-state index in [0.29, 0.717) is 15.6 Å². The highest BCUT2D eigenvalue weighted by atomic mass is 79.9. The minimum Gasteiger partial charge on any atom is -0.493 e. The lowest BCUT2D eigenvalue weighted by Gasteiger charge is -2.11. The van der Waals surface area contributed by atoms with Gasteiger partial charge in [0.05, 0.1) is 16.5 Å². The first kappa shape index (κ1) is 17.7. The van der Waals surface area contributed by atoms with Crippen LogP contribution in [0.5, 0.6) is 11.5 Å². The molecule has 8 heteroatoms. The highest BCUT2D eigenvalue weighted by Gasteiger charge is 2.19. The van der Waals surface area contributed by atoms with E-state index in [1.165, 1.54) is 19.3 Å². The van der Waals surface area contributed by atoms with Crippen molar-refractivity contribution >= 4 is 38.9 Å². The van der Waals surface area contributed by atoms with Gasteiger partial charge in [0.15, 0.2) is 11.5 Å². The van der Waals surface area contributed by atoms with Gasteiger partial charge >= 0.3 is 5.97 Å². The minimum absolute atomic E-state index is 0.0532. The molecular formula is C18H12BrNO6. The lowest BCUT2D eigenvalue weighted by atomic mass is 10.2. The number of methoxy groups -OCH3 is 1. The van der Waals surface area contributed by atoms with Crippen LogP contribution in [0, 0.1) is 10.1 Å². The lowest BCUT2D eigenvalue weighted by molar-refractivity contribution is -0.400. The van der Waals surface area contributed by atoms with Gasteiger partial charge in [0.1, 0.15) is 5.58 Å². The standard InChI is InChI=1S/C18H12BrNO6/c1-24-15-9-11(6-7-20(22)23)8-13(19)17(15)26-18(21)16-10-12-4-2-3-5-14(12)25-16/h2-10H,1H3. The largest absolute Gasteiger partial charge is 0.493 e. The van der Waals surface area contributed by atoms with E-state index in [1.807, 2.05) is 12.1 Å². The second kappa shape index (κ2) is 7.40. The summed E-state index contributed by atoms with van der Waals surface area (Å²) >= 11 is 3.29. The zero-order chi connectivity index (χ0) is 18.7. The van der Waals surface area contributed by atoms with Gasteiger partial charge in [-0.3, -0.25) is 10.1 Å². The Hall–Kier alpha value is -3.13. The molecule has 3 aromatic rings. The summed E-state index contributed by atoms with van der Waals surface area (Å²) in [6.45, 7) is 0. The number of ether oxygens (including phenoxy) is 2. The molecule has 3 rings (SSSR count). The third kappa shape index (κ3) is 3.75. The van der Waals surface area contributed by atoms with Crippen molar-refractivity contribution in [1.29, 1.82) is 0 Å². The summed E-state index contributed by atoms with van der Waals surface area (Å²) in [5, 5.41) is 11.2. The van der Waals surface area contributed by atoms with E-state index in [4.69, 9.17) is 13.9 Å². The Morgan fingerprint density at radius 2 is 2.04 bits per heavy atom. The Morgan fingerprint density at radius 1 is 1.27 bits per heavy atom. The first-order valence-electron chi connectivity index (χ1n) is 7.38. The van der Waals surface area contributed by atoms with Crippen LogP contribution in [0.15, 0.2) is 57.6 Å². The molecule has 0 atom stereocenters. The van der Waals surface area contributed by atoms with Crippen molar-refractivity contribution in [1.82, 2.24) is 0 Å². The number of rotatable bonds is 5. The van der Waals surface area contributed by atoms with Crippen molar-refractivity contribution in [3.63, 3.8) is 0 Å². The first-order valence-corrected chi connectivity index (χ1v) is 8.17. The Labute approximate surface area is 156 Å². The summed E-state index contributed by atoms with van der Waals surface area (Å²) in [5.41, 5.74) is 1.08. The first-order chi connectivity index (χ1) is 12.5. The van der Waals surface area contributed by atoms with E-state index < -0.39 is 10.9 Å². The molecule has 7 nitrogen and oxygen atoms in total. The SMILES string of the molecule is COc1cc(C=C[N+](=O)[O-])cc(Br)c1OC(=O)c1cc2ccccc2o1. The van der Waals surface area contributed by atoms with Crippen LogP contribution in [0.1, 0.15) is 16.1 Å². The number of esters is 1. The number of furan rings is 1. The summed E-state index contributed by atoms with van der Waals surface area (Å²) < 4.78 is 16.5. The maximum Gasteiger partial charge on any atom is 0.379 e. The van der Waals surface area contributed by atoms with Gasteiger partial charge in [-0.25, -0.2) is 4.79 Å². The molecular weight excluding hydrogens is 406 g/mol. The fraction of sp³-hybridized carbons (Fsp3) is 0.0556. The molecule has 0 aliphatic heterocycles. The van der Waals surface area contributed by atoms with Crippen molar-refractivity contribution in [2.24, 2.45) is 0 Å². The van der Waals surface area contributed by atoms with Gasteiger partial charge in [-0.05, 0) is 45.8 Å². The number of hydrogen-bond acceptors (Lipinski definition) is 6. The number of halogens is 1. The van der Waals surface area contributed by atoms with Gasteiger partial charge < -0.3 is 13.9 Å². The summed E-state index contributed by atoms with van der Waals surface area (Å²) in [7, 11) is 1.40. The van der Waals surface area contributed by atoms with Crippen molar-refractivity contribution in [2.75, 3.05) is 7.11 Å². The topological polar surface area (TPSA) is 91.8 Å². The van der Waals surface area contributed by atoms with E-state index in [2.05, 4.69) is 15.9 Å². The van der Waals surface area contributed by atoms with Crippen LogP contribution in [-0.4, -0.2) is 18.0 Å². The molecule has 0 spiro atoms. The predicted molar refractivity (Wildman–Crippen MR) is 97.9 cm³/mol. The van der Waals surface area contributed by atoms with Crippen LogP contribution in [0.4, 0.5) is 0 Å². The Bertz CT molecular complexity index is 991. The predicted octanol–water partition coefficient (Wildman–Crippen LogP) is 4.67. The van der Waals surface area contributed by atoms with Gasteiger partial charge in [-0.1, -0.05) is 18.2 Å². The van der Waals surface area contributed by atoms with Crippen molar-refractivity contribution in [2.45, 2.75) is 0 Å². The molecule has 0 bridgehead atoms. The van der Waals surface area contributed by atoms with E-state index in [1.54, 1.807) is 24.3 Å². The minimum atomic E-state index is -0.686. The average molecular weight is 418 g/mol. The van der Waals surface area contributed by atoms with Crippen LogP contribution < -0.4 is 9.47 Å². The number of hydrogen-bond donors (Lipinski definition) is 0. The number of benzene rings is 2. The van der Waals surface area contributed by atoms with E-state index in [-0.39, 0.29) is 17.3 Å². The zero-order valence-electron chi connectivity index (χ0n) is 13.5. The average Bonchev–Trinajstić information content (AvgIpc) is 3.06. The quantitative estimate of drug-likeness (QED) is 0.259. The molecule has 2 aromatic carbocycles. The molecule has 0 unspecified atom stereocenters. The summed E-state index contributed by atoms with van der Waals surface area (Å²) in [4.78, 5) is 22.3. The molecule has 0 aliphatic rings. The third-order valence-corrected chi connectivity index (χ3v) is 4.05. The Kier molecular flexibility index (Phi) is 5.04. The van der Waals surface area contributed by atoms with E-state index >= 15 is 0 Å². The van der Waals surface area contributed by atoms with Crippen molar-refractivity contribution in [3.05, 3.63) is 74.6 Å². The smallest absolute Gasteiger partial charge is 0.379 e. The number of para-hydroxylation sites is 1. The maximum atomic E-state index is 12.4. The van der Waals surface area contributed by atoms with Crippen LogP contribution in [0.2, 0.25) is 0 Å². The van der Waals surface area contributed by atoms with Crippen LogP contribution >= 0.6 is 15.9 Å². The summed E-state index contributed by atoms with van der Waals surface area (Å²) in [6, 6.07) is 11.9. The fourth-order valence-electron chi connectivity index (χ4n) is 2.31. The van der Waals surface area contributed by atoms with Gasteiger partial charge in [-0.15, -0.1) is 0 Å². The van der Waals surface area contributed by atoms with Gasteiger partial charge in [0, 0.05) is 11.5 Å². The van der Waals surface area contributed by atoms with Crippen molar-refractivity contribution < 1.29 is 23.6 Å². The van der Waals surface area contributed by atoms with Crippen LogP contribution in [-0.2, 0) is 0 Å². The molecule has 0 saturated heterocycles. The fourth-order valence-corrected chi connectivity index (χ4v) is 2.85. The molecule has 0 N–H and O–H groups in total. The highest BCUT2D eigenvalue weighted by molar-refractivity contribution is 9.10. The number of carbonyl (C=O) groups excluding carboxylic acids is 1. The molecule has 0 radical (unpaired) electrons. The van der Waals surface area contributed by atoms with Gasteiger partial charge in [-0.2, -0.15) is 0 Å². The lowest BCUT2D eigenvalue weighted by Crippen LogP contribution is -2.08. The molecule has 0 aliphatic carbocycles. The van der Waals surface area contributed by atoms with Crippen molar-refractivity contribution in [3.8, 4) is 11.5 Å². The second-order valence-corrected chi connectivity index (χ2v) is 6.03. The third-order valence-electron chi connectivity index (χ3n) is 3.46. The van der Waals surface area contributed by atoms with Crippen LogP contribution in [0.25, 0.3) is 17.0 Å². The Morgan fingerprint density at radius 3 is 2.73 bits per heavy atom. The molecule has 0 fully saturated rings. The monoisotopic (exact) mass is 417 g/mol. The number of nitro groups is 1. The highest BCUT2D eigenvalue weighted by Crippen LogP contribution is 2.37. The molecule has 26 heavy (non-hydrogen) atoms. The normalized spacial score (nSPS) is 11.0. The van der Waals surface area contributed by atoms with E-state index in [0.717, 1.165) is 11.6 Å². The summed E-state index contributed by atoms with van der Waals surface area (Å²) in [5.74, 6) is -0.241. The molecule has 1 heterocycles. The van der Waals surface area contributed by atoms with Gasteiger partial charge in [0.2, 0.25) is 12.0 Å². The molecule has 0 saturated carbocycles.